The van der Waals surface area contributed by atoms with Crippen LogP contribution in [0.4, 0.5) is 0 Å². The zero-order valence-corrected chi connectivity index (χ0v) is 10.2. The van der Waals surface area contributed by atoms with E-state index in [1.807, 2.05) is 0 Å². The Hall–Kier alpha value is -1.30. The molecular formula is C10H14N2O3S. The number of rotatable bonds is 4. The molecule has 0 aliphatic heterocycles. The third kappa shape index (κ3) is 2.85. The Morgan fingerprint density at radius 2 is 2.31 bits per heavy atom. The minimum atomic E-state index is -0.969. The predicted octanol–water partition coefficient (Wildman–Crippen LogP) is 1.42. The summed E-state index contributed by atoms with van der Waals surface area (Å²) >= 11 is 1.06. The van der Waals surface area contributed by atoms with E-state index in [2.05, 4.69) is 9.97 Å². The third-order valence-electron chi connectivity index (χ3n) is 2.30. The zero-order valence-electron chi connectivity index (χ0n) is 9.40. The lowest BCUT2D eigenvalue weighted by Crippen LogP contribution is -2.31. The molecule has 6 heteroatoms. The first kappa shape index (κ1) is 12.8. The predicted molar refractivity (Wildman–Crippen MR) is 61.8 cm³/mol. The summed E-state index contributed by atoms with van der Waals surface area (Å²) in [6.45, 7) is 5.10. The number of hydrogen-bond donors (Lipinski definition) is 2. The van der Waals surface area contributed by atoms with Gasteiger partial charge in [-0.3, -0.25) is 9.59 Å². The van der Waals surface area contributed by atoms with Gasteiger partial charge in [0.05, 0.1) is 0 Å². The van der Waals surface area contributed by atoms with Crippen molar-refractivity contribution in [2.75, 3.05) is 0 Å². The van der Waals surface area contributed by atoms with E-state index in [1.54, 1.807) is 20.8 Å². The number of carboxylic acids is 1. The lowest BCUT2D eigenvalue weighted by Gasteiger charge is -2.21. The fraction of sp³-hybridized carbons (Fsp3) is 0.500. The molecule has 0 fully saturated rings. The molecule has 16 heavy (non-hydrogen) atoms. The summed E-state index contributed by atoms with van der Waals surface area (Å²) in [5, 5.41) is 9.44. The molecule has 0 aromatic carbocycles. The van der Waals surface area contributed by atoms with Gasteiger partial charge >= 0.3 is 5.97 Å². The Labute approximate surface area is 97.3 Å². The van der Waals surface area contributed by atoms with Crippen molar-refractivity contribution < 1.29 is 9.90 Å². The maximum Gasteiger partial charge on any atom is 0.319 e. The second-order valence-electron chi connectivity index (χ2n) is 3.68. The van der Waals surface area contributed by atoms with E-state index in [0.29, 0.717) is 17.3 Å². The monoisotopic (exact) mass is 242 g/mol. The SMILES string of the molecule is CCC(C)(Sc1nc(C)cc(=O)[nH]1)C(=O)O. The Balaban J connectivity index is 3.03. The van der Waals surface area contributed by atoms with Gasteiger partial charge in [-0.2, -0.15) is 0 Å². The molecular weight excluding hydrogens is 228 g/mol. The lowest BCUT2D eigenvalue weighted by atomic mass is 10.1. The van der Waals surface area contributed by atoms with Gasteiger partial charge in [0.15, 0.2) is 5.16 Å². The van der Waals surface area contributed by atoms with Gasteiger partial charge in [-0.1, -0.05) is 18.7 Å². The van der Waals surface area contributed by atoms with Crippen molar-refractivity contribution in [1.82, 2.24) is 9.97 Å². The number of nitrogens with one attached hydrogen (secondary N) is 1. The topological polar surface area (TPSA) is 83.0 Å². The van der Waals surface area contributed by atoms with Gasteiger partial charge in [-0.25, -0.2) is 4.98 Å². The Morgan fingerprint density at radius 3 is 2.75 bits per heavy atom. The van der Waals surface area contributed by atoms with Gasteiger partial charge in [-0.05, 0) is 20.3 Å². The van der Waals surface area contributed by atoms with E-state index in [4.69, 9.17) is 5.11 Å². The van der Waals surface area contributed by atoms with Crippen LogP contribution in [0.3, 0.4) is 0 Å². The molecule has 0 amide bonds. The first-order valence-corrected chi connectivity index (χ1v) is 5.69. The standard InChI is InChI=1S/C10H14N2O3S/c1-4-10(3,8(14)15)16-9-11-6(2)5-7(13)12-9/h5H,4H2,1-3H3,(H,14,15)(H,11,12,13). The first-order valence-electron chi connectivity index (χ1n) is 4.88. The summed E-state index contributed by atoms with van der Waals surface area (Å²) in [4.78, 5) is 28.9. The highest BCUT2D eigenvalue weighted by Gasteiger charge is 2.33. The average Bonchev–Trinajstić information content (AvgIpc) is 2.15. The van der Waals surface area contributed by atoms with Crippen LogP contribution in [0.1, 0.15) is 26.0 Å². The van der Waals surface area contributed by atoms with Crippen LogP contribution in [0.2, 0.25) is 0 Å². The molecule has 0 spiro atoms. The maximum absolute atomic E-state index is 11.2. The number of H-pyrrole nitrogens is 1. The Bertz CT molecular complexity index is 458. The fourth-order valence-corrected chi connectivity index (χ4v) is 2.08. The summed E-state index contributed by atoms with van der Waals surface area (Å²) in [6, 6.07) is 1.37. The number of carboxylic acid groups (broad SMARTS) is 1. The molecule has 0 saturated carbocycles. The van der Waals surface area contributed by atoms with Crippen molar-refractivity contribution in [1.29, 1.82) is 0 Å². The largest absolute Gasteiger partial charge is 0.480 e. The van der Waals surface area contributed by atoms with Crippen molar-refractivity contribution >= 4 is 17.7 Å². The molecule has 1 rings (SSSR count). The van der Waals surface area contributed by atoms with Crippen LogP contribution >= 0.6 is 11.8 Å². The highest BCUT2D eigenvalue weighted by atomic mass is 32.2. The number of aromatic nitrogens is 2. The van der Waals surface area contributed by atoms with E-state index < -0.39 is 10.7 Å². The number of thioether (sulfide) groups is 1. The van der Waals surface area contributed by atoms with Crippen molar-refractivity contribution in [2.24, 2.45) is 0 Å². The number of aryl methyl sites for hydroxylation is 1. The number of nitrogens with zero attached hydrogens (tertiary/aromatic N) is 1. The summed E-state index contributed by atoms with van der Waals surface area (Å²) in [6.07, 6.45) is 0.449. The molecule has 5 nitrogen and oxygen atoms in total. The number of carbonyl (C=O) groups is 1. The molecule has 2 N–H and O–H groups in total. The Kier molecular flexibility index (Phi) is 3.74. The van der Waals surface area contributed by atoms with Crippen molar-refractivity contribution in [3.63, 3.8) is 0 Å². The van der Waals surface area contributed by atoms with E-state index in [-0.39, 0.29) is 5.56 Å². The molecule has 1 atom stereocenters. The Morgan fingerprint density at radius 1 is 1.69 bits per heavy atom. The third-order valence-corrected chi connectivity index (χ3v) is 3.60. The summed E-state index contributed by atoms with van der Waals surface area (Å²) in [7, 11) is 0. The minimum Gasteiger partial charge on any atom is -0.480 e. The summed E-state index contributed by atoms with van der Waals surface area (Å²) in [5.41, 5.74) is 0.314. The molecule has 0 saturated heterocycles. The van der Waals surface area contributed by atoms with Crippen LogP contribution in [0.15, 0.2) is 16.0 Å². The highest BCUT2D eigenvalue weighted by Crippen LogP contribution is 2.33. The number of aliphatic carboxylic acids is 1. The van der Waals surface area contributed by atoms with Gasteiger partial charge < -0.3 is 10.1 Å². The second-order valence-corrected chi connectivity index (χ2v) is 5.18. The quantitative estimate of drug-likeness (QED) is 0.616. The average molecular weight is 242 g/mol. The molecule has 1 aromatic heterocycles. The summed E-state index contributed by atoms with van der Waals surface area (Å²) in [5.74, 6) is -0.913. The van der Waals surface area contributed by atoms with Gasteiger partial charge in [0.2, 0.25) is 0 Å². The molecule has 0 radical (unpaired) electrons. The zero-order chi connectivity index (χ0) is 12.3. The molecule has 1 unspecified atom stereocenters. The van der Waals surface area contributed by atoms with E-state index in [1.165, 1.54) is 6.07 Å². The van der Waals surface area contributed by atoms with E-state index in [9.17, 15) is 9.59 Å². The molecule has 0 aliphatic carbocycles. The molecule has 1 aromatic rings. The van der Waals surface area contributed by atoms with Crippen molar-refractivity contribution in [2.45, 2.75) is 37.1 Å². The van der Waals surface area contributed by atoms with Gasteiger partial charge in [0.25, 0.3) is 5.56 Å². The second kappa shape index (κ2) is 4.69. The van der Waals surface area contributed by atoms with Crippen molar-refractivity contribution in [3.8, 4) is 0 Å². The van der Waals surface area contributed by atoms with Crippen molar-refractivity contribution in [3.05, 3.63) is 22.1 Å². The van der Waals surface area contributed by atoms with Gasteiger partial charge in [-0.15, -0.1) is 0 Å². The van der Waals surface area contributed by atoms with Gasteiger partial charge in [0, 0.05) is 11.8 Å². The molecule has 0 bridgehead atoms. The van der Waals surface area contributed by atoms with Crippen LogP contribution in [0.25, 0.3) is 0 Å². The van der Waals surface area contributed by atoms with Crippen LogP contribution in [0, 0.1) is 6.92 Å². The highest BCUT2D eigenvalue weighted by molar-refractivity contribution is 8.01. The first-order chi connectivity index (χ1) is 7.37. The maximum atomic E-state index is 11.2. The minimum absolute atomic E-state index is 0.265. The molecule has 1 heterocycles. The molecule has 0 aliphatic rings. The lowest BCUT2D eigenvalue weighted by molar-refractivity contribution is -0.139. The fourth-order valence-electron chi connectivity index (χ4n) is 1.08. The van der Waals surface area contributed by atoms with Gasteiger partial charge in [0.1, 0.15) is 4.75 Å². The normalized spacial score (nSPS) is 14.4. The van der Waals surface area contributed by atoms with Crippen LogP contribution in [0.5, 0.6) is 0 Å². The smallest absolute Gasteiger partial charge is 0.319 e. The van der Waals surface area contributed by atoms with E-state index in [0.717, 1.165) is 11.8 Å². The van der Waals surface area contributed by atoms with E-state index >= 15 is 0 Å². The summed E-state index contributed by atoms with van der Waals surface area (Å²) < 4.78 is -0.969. The number of aromatic amines is 1. The van der Waals surface area contributed by atoms with Crippen LogP contribution in [-0.2, 0) is 4.79 Å². The van der Waals surface area contributed by atoms with Crippen LogP contribution < -0.4 is 5.56 Å². The molecule has 88 valence electrons. The number of hydrogen-bond acceptors (Lipinski definition) is 4. The van der Waals surface area contributed by atoms with Crippen LogP contribution in [-0.4, -0.2) is 25.8 Å².